The number of carbonyl (C=O) groups excluding carboxylic acids is 2. The second-order valence-corrected chi connectivity index (χ2v) is 3.65. The zero-order valence-electron chi connectivity index (χ0n) is 7.32. The highest BCUT2D eigenvalue weighted by molar-refractivity contribution is 9.10. The summed E-state index contributed by atoms with van der Waals surface area (Å²) in [5.74, 6) is -1.48. The average molecular weight is 252 g/mol. The third-order valence-electron chi connectivity index (χ3n) is 1.28. The number of nitroso groups, excluding NO2 is 1. The molecule has 0 aromatic heterocycles. The molecule has 0 aliphatic rings. The van der Waals surface area contributed by atoms with E-state index in [1.54, 1.807) is 6.92 Å². The highest BCUT2D eigenvalue weighted by Crippen LogP contribution is 2.07. The lowest BCUT2D eigenvalue weighted by atomic mass is 10.1. The second-order valence-electron chi connectivity index (χ2n) is 2.28. The van der Waals surface area contributed by atoms with E-state index < -0.39 is 22.6 Å². The molecule has 0 radical (unpaired) electrons. The number of hydrogen-bond donors (Lipinski definition) is 0. The van der Waals surface area contributed by atoms with Crippen LogP contribution < -0.4 is 0 Å². The molecule has 0 aliphatic heterocycles. The average Bonchev–Trinajstić information content (AvgIpc) is 2.05. The van der Waals surface area contributed by atoms with Crippen LogP contribution in [0.2, 0.25) is 0 Å². The highest BCUT2D eigenvalue weighted by Gasteiger charge is 2.31. The van der Waals surface area contributed by atoms with Gasteiger partial charge in [0.1, 0.15) is 0 Å². The first-order chi connectivity index (χ1) is 6.04. The van der Waals surface area contributed by atoms with Crippen molar-refractivity contribution < 1.29 is 14.3 Å². The van der Waals surface area contributed by atoms with Crippen LogP contribution in [0, 0.1) is 4.91 Å². The number of nitrogens with zero attached hydrogens (tertiary/aromatic N) is 1. The Morgan fingerprint density at radius 2 is 2.08 bits per heavy atom. The monoisotopic (exact) mass is 251 g/mol. The number of halogens is 1. The van der Waals surface area contributed by atoms with Crippen LogP contribution >= 0.6 is 15.9 Å². The lowest BCUT2D eigenvalue weighted by Gasteiger charge is -2.07. The van der Waals surface area contributed by atoms with Crippen molar-refractivity contribution in [3.8, 4) is 0 Å². The van der Waals surface area contributed by atoms with E-state index in [-0.39, 0.29) is 6.61 Å². The van der Waals surface area contributed by atoms with Crippen LogP contribution in [0.15, 0.2) is 5.18 Å². The fraction of sp³-hybridized carbons (Fsp3) is 0.714. The molecule has 0 heterocycles. The van der Waals surface area contributed by atoms with Crippen molar-refractivity contribution in [3.63, 3.8) is 0 Å². The number of ether oxygens (including phenoxy) is 1. The van der Waals surface area contributed by atoms with Crippen LogP contribution in [0.5, 0.6) is 0 Å². The molecule has 74 valence electrons. The first-order valence-electron chi connectivity index (χ1n) is 3.71. The summed E-state index contributed by atoms with van der Waals surface area (Å²) in [6.45, 7) is 3.22. The van der Waals surface area contributed by atoms with Crippen LogP contribution in [-0.4, -0.2) is 29.2 Å². The van der Waals surface area contributed by atoms with Gasteiger partial charge in [0.25, 0.3) is 0 Å². The van der Waals surface area contributed by atoms with Crippen molar-refractivity contribution in [1.29, 1.82) is 0 Å². The van der Waals surface area contributed by atoms with Gasteiger partial charge in [0, 0.05) is 0 Å². The molecule has 0 aromatic rings. The van der Waals surface area contributed by atoms with Gasteiger partial charge < -0.3 is 4.74 Å². The van der Waals surface area contributed by atoms with E-state index in [1.165, 1.54) is 6.92 Å². The molecule has 5 nitrogen and oxygen atoms in total. The Hall–Kier alpha value is -0.780. The maximum atomic E-state index is 11.1. The molecule has 0 aliphatic carbocycles. The normalized spacial score (nSPS) is 14.4. The first kappa shape index (κ1) is 12.2. The van der Waals surface area contributed by atoms with E-state index >= 15 is 0 Å². The summed E-state index contributed by atoms with van der Waals surface area (Å²) in [6, 6.07) is -1.55. The van der Waals surface area contributed by atoms with E-state index in [1.807, 2.05) is 0 Å². The lowest BCUT2D eigenvalue weighted by molar-refractivity contribution is -0.147. The zero-order chi connectivity index (χ0) is 10.4. The topological polar surface area (TPSA) is 72.8 Å². The van der Waals surface area contributed by atoms with Crippen LogP contribution in [0.3, 0.4) is 0 Å². The van der Waals surface area contributed by atoms with Gasteiger partial charge in [-0.15, -0.1) is 4.91 Å². The van der Waals surface area contributed by atoms with Crippen LogP contribution in [0.1, 0.15) is 13.8 Å². The molecule has 6 heteroatoms. The molecule has 0 saturated carbocycles. The van der Waals surface area contributed by atoms with E-state index in [2.05, 4.69) is 25.8 Å². The Morgan fingerprint density at radius 3 is 2.38 bits per heavy atom. The van der Waals surface area contributed by atoms with E-state index in [0.29, 0.717) is 0 Å². The van der Waals surface area contributed by atoms with Gasteiger partial charge in [0.15, 0.2) is 5.78 Å². The Bertz CT molecular complexity index is 217. The number of rotatable bonds is 5. The number of alkyl halides is 1. The second kappa shape index (κ2) is 5.80. The predicted molar refractivity (Wildman–Crippen MR) is 49.6 cm³/mol. The first-order valence-corrected chi connectivity index (χ1v) is 4.63. The van der Waals surface area contributed by atoms with Crippen molar-refractivity contribution >= 4 is 27.7 Å². The minimum absolute atomic E-state index is 0.120. The molecule has 2 atom stereocenters. The maximum Gasteiger partial charge on any atom is 0.342 e. The maximum absolute atomic E-state index is 11.1. The van der Waals surface area contributed by atoms with Crippen molar-refractivity contribution in [1.82, 2.24) is 0 Å². The van der Waals surface area contributed by atoms with Crippen molar-refractivity contribution in [2.45, 2.75) is 24.7 Å². The summed E-state index contributed by atoms with van der Waals surface area (Å²) in [4.78, 5) is 31.7. The van der Waals surface area contributed by atoms with Crippen molar-refractivity contribution in [2.24, 2.45) is 5.18 Å². The molecule has 0 aromatic carbocycles. The Balaban J connectivity index is 4.41. The van der Waals surface area contributed by atoms with Gasteiger partial charge in [-0.2, -0.15) is 0 Å². The van der Waals surface area contributed by atoms with Gasteiger partial charge in [-0.25, -0.2) is 4.79 Å². The standard InChI is InChI=1S/C7H10BrNO4/c1-3-13-7(11)5(9-12)6(10)4(2)8/h4-5H,3H2,1-2H3. The largest absolute Gasteiger partial charge is 0.464 e. The Labute approximate surface area is 83.9 Å². The minimum atomic E-state index is -1.55. The third-order valence-corrected chi connectivity index (χ3v) is 1.73. The molecular formula is C7H10BrNO4. The number of esters is 1. The van der Waals surface area contributed by atoms with Crippen LogP contribution in [0.4, 0.5) is 0 Å². The quantitative estimate of drug-likeness (QED) is 0.317. The van der Waals surface area contributed by atoms with Crippen molar-refractivity contribution in [3.05, 3.63) is 4.91 Å². The Morgan fingerprint density at radius 1 is 1.54 bits per heavy atom. The molecule has 0 fully saturated rings. The van der Waals surface area contributed by atoms with Gasteiger partial charge in [-0.1, -0.05) is 15.9 Å². The number of hydrogen-bond acceptors (Lipinski definition) is 5. The molecule has 0 bridgehead atoms. The minimum Gasteiger partial charge on any atom is -0.464 e. The Kier molecular flexibility index (Phi) is 5.45. The predicted octanol–water partition coefficient (Wildman–Crippen LogP) is 1.04. The molecule has 0 spiro atoms. The number of Topliss-reactive ketones (excluding diaryl/α,β-unsaturated/α-hetero) is 1. The summed E-state index contributed by atoms with van der Waals surface area (Å²) in [7, 11) is 0. The van der Waals surface area contributed by atoms with Crippen LogP contribution in [-0.2, 0) is 14.3 Å². The molecule has 2 unspecified atom stereocenters. The van der Waals surface area contributed by atoms with Gasteiger partial charge in [0.2, 0.25) is 6.04 Å². The highest BCUT2D eigenvalue weighted by atomic mass is 79.9. The smallest absolute Gasteiger partial charge is 0.342 e. The summed E-state index contributed by atoms with van der Waals surface area (Å²) in [5, 5.41) is 2.42. The number of ketones is 1. The fourth-order valence-corrected chi connectivity index (χ4v) is 0.900. The van der Waals surface area contributed by atoms with Crippen LogP contribution in [0.25, 0.3) is 0 Å². The summed E-state index contributed by atoms with van der Waals surface area (Å²) >= 11 is 2.94. The van der Waals surface area contributed by atoms with Gasteiger partial charge in [-0.3, -0.25) is 4.79 Å². The van der Waals surface area contributed by atoms with E-state index in [0.717, 1.165) is 0 Å². The van der Waals surface area contributed by atoms with Gasteiger partial charge in [-0.05, 0) is 19.0 Å². The van der Waals surface area contributed by atoms with E-state index in [9.17, 15) is 14.5 Å². The van der Waals surface area contributed by atoms with Gasteiger partial charge in [0.05, 0.1) is 11.4 Å². The third kappa shape index (κ3) is 3.63. The molecule has 0 amide bonds. The molecule has 0 rings (SSSR count). The summed E-state index contributed by atoms with van der Waals surface area (Å²) < 4.78 is 4.49. The summed E-state index contributed by atoms with van der Waals surface area (Å²) in [5.41, 5.74) is 0. The SMILES string of the molecule is CCOC(=O)C(N=O)C(=O)C(C)Br. The van der Waals surface area contributed by atoms with Gasteiger partial charge >= 0.3 is 5.97 Å². The molecular weight excluding hydrogens is 242 g/mol. The molecule has 0 saturated heterocycles. The fourth-order valence-electron chi connectivity index (χ4n) is 0.650. The lowest BCUT2D eigenvalue weighted by Crippen LogP contribution is -2.34. The van der Waals surface area contributed by atoms with Crippen molar-refractivity contribution in [2.75, 3.05) is 6.61 Å². The molecule has 13 heavy (non-hydrogen) atoms. The molecule has 0 N–H and O–H groups in total. The summed E-state index contributed by atoms with van der Waals surface area (Å²) in [6.07, 6.45) is 0. The zero-order valence-corrected chi connectivity index (χ0v) is 8.91. The number of carbonyl (C=O) groups is 2. The van der Waals surface area contributed by atoms with E-state index in [4.69, 9.17) is 0 Å².